The second-order valence-corrected chi connectivity index (χ2v) is 9.52. The van der Waals surface area contributed by atoms with E-state index in [2.05, 4.69) is 30.3 Å². The second kappa shape index (κ2) is 11.4. The second-order valence-electron chi connectivity index (χ2n) is 9.52. The highest BCUT2D eigenvalue weighted by molar-refractivity contribution is 6.19. The molecule has 0 atom stereocenters. The van der Waals surface area contributed by atoms with Crippen molar-refractivity contribution in [2.24, 2.45) is 0 Å². The van der Waals surface area contributed by atoms with E-state index in [9.17, 15) is 26.3 Å². The summed E-state index contributed by atoms with van der Waals surface area (Å²) in [5.74, 6) is 0. The minimum atomic E-state index is -0.151. The summed E-state index contributed by atoms with van der Waals surface area (Å²) < 4.78 is 0. The van der Waals surface area contributed by atoms with E-state index in [4.69, 9.17) is 32.9 Å². The van der Waals surface area contributed by atoms with Gasteiger partial charge in [0.2, 0.25) is 17.1 Å². The Balaban J connectivity index is 1.95. The van der Waals surface area contributed by atoms with Crippen LogP contribution in [-0.2, 0) is 0 Å². The summed E-state index contributed by atoms with van der Waals surface area (Å²) in [5, 5.41) is 49.8. The maximum Gasteiger partial charge on any atom is 0.204 e. The van der Waals surface area contributed by atoms with Crippen molar-refractivity contribution in [2.45, 2.75) is 0 Å². The van der Waals surface area contributed by atoms with Crippen molar-refractivity contribution in [3.8, 4) is 30.3 Å². The molecule has 202 valence electrons. The Kier molecular flexibility index (Phi) is 7.21. The SMILES string of the molecule is [C-]#[N+]C1=C([N+]#[C-])c2cc3c(cc2/C1=C(\C#N)c1cc([N+]#[C-])cc([N+]#[C-])c1)/C(=C(\[N+]#[C-])c1cc(C#N)cc(C#N)c1)C(C#N)=C3C#N. The molecular formula is C36H8N10. The Morgan fingerprint density at radius 3 is 1.54 bits per heavy atom. The molecule has 0 heterocycles. The Morgan fingerprint density at radius 1 is 0.500 bits per heavy atom. The topological polar surface area (TPSA) is 141 Å². The average molecular weight is 581 g/mol. The zero-order valence-electron chi connectivity index (χ0n) is 23.1. The Morgan fingerprint density at radius 2 is 1.07 bits per heavy atom. The van der Waals surface area contributed by atoms with Crippen LogP contribution in [0.4, 0.5) is 11.4 Å². The molecular weight excluding hydrogens is 572 g/mol. The van der Waals surface area contributed by atoms with Gasteiger partial charge in [0.1, 0.15) is 6.07 Å². The van der Waals surface area contributed by atoms with Crippen molar-refractivity contribution in [3.63, 3.8) is 0 Å². The van der Waals surface area contributed by atoms with Gasteiger partial charge >= 0.3 is 0 Å². The van der Waals surface area contributed by atoms with Crippen LogP contribution in [-0.4, -0.2) is 0 Å². The Hall–Kier alpha value is -8.48. The van der Waals surface area contributed by atoms with Crippen LogP contribution in [0.15, 0.2) is 59.8 Å². The first-order chi connectivity index (χ1) is 22.4. The quantitative estimate of drug-likeness (QED) is 0.222. The van der Waals surface area contributed by atoms with Crippen LogP contribution in [0.25, 0.3) is 57.9 Å². The normalized spacial score (nSPS) is 14.2. The van der Waals surface area contributed by atoms with Crippen molar-refractivity contribution in [1.29, 1.82) is 26.3 Å². The fourth-order valence-electron chi connectivity index (χ4n) is 5.42. The van der Waals surface area contributed by atoms with Gasteiger partial charge < -0.3 is 0 Å². The summed E-state index contributed by atoms with van der Waals surface area (Å²) in [5.41, 5.74) is 1.11. The molecule has 0 fully saturated rings. The molecule has 10 nitrogen and oxygen atoms in total. The molecule has 0 saturated carbocycles. The molecule has 46 heavy (non-hydrogen) atoms. The van der Waals surface area contributed by atoms with Crippen molar-refractivity contribution >= 4 is 45.1 Å². The monoisotopic (exact) mass is 580 g/mol. The number of rotatable bonds is 2. The third-order valence-corrected chi connectivity index (χ3v) is 7.25. The molecule has 0 N–H and O–H groups in total. The first kappa shape index (κ1) is 29.0. The number of nitrogens with zero attached hydrogens (tertiary/aromatic N) is 10. The number of allylic oxidation sites excluding steroid dienone is 5. The third-order valence-electron chi connectivity index (χ3n) is 7.25. The molecule has 2 aliphatic rings. The first-order valence-electron chi connectivity index (χ1n) is 12.7. The van der Waals surface area contributed by atoms with Crippen LogP contribution in [0, 0.1) is 89.5 Å². The lowest BCUT2D eigenvalue weighted by Crippen LogP contribution is -1.96. The van der Waals surface area contributed by atoms with Gasteiger partial charge in [-0.25, -0.2) is 24.2 Å². The van der Waals surface area contributed by atoms with Crippen LogP contribution in [0.2, 0.25) is 0 Å². The zero-order valence-corrected chi connectivity index (χ0v) is 23.1. The Bertz CT molecular complexity index is 2330. The molecule has 0 spiro atoms. The summed E-state index contributed by atoms with van der Waals surface area (Å²) in [6, 6.07) is 21.3. The van der Waals surface area contributed by atoms with E-state index in [1.54, 1.807) is 0 Å². The molecule has 3 aromatic carbocycles. The smallest absolute Gasteiger partial charge is 0.204 e. The highest BCUT2D eigenvalue weighted by Gasteiger charge is 2.37. The van der Waals surface area contributed by atoms with Gasteiger partial charge in [-0.3, -0.25) is 0 Å². The van der Waals surface area contributed by atoms with Crippen molar-refractivity contribution in [3.05, 3.63) is 161 Å². The minimum Gasteiger partial charge on any atom is -0.249 e. The van der Waals surface area contributed by atoms with Crippen LogP contribution >= 0.6 is 0 Å². The average Bonchev–Trinajstić information content (AvgIpc) is 3.57. The van der Waals surface area contributed by atoms with Gasteiger partial charge in [0.25, 0.3) is 0 Å². The molecule has 5 rings (SSSR count). The molecule has 0 aromatic heterocycles. The fraction of sp³-hybridized carbons (Fsp3) is 0. The Labute approximate surface area is 262 Å². The predicted molar refractivity (Wildman–Crippen MR) is 165 cm³/mol. The van der Waals surface area contributed by atoms with E-state index in [1.165, 1.54) is 48.5 Å². The number of fused-ring (bicyclic) bond motifs is 2. The molecule has 3 aromatic rings. The van der Waals surface area contributed by atoms with Crippen LogP contribution < -0.4 is 0 Å². The van der Waals surface area contributed by atoms with Gasteiger partial charge in [-0.15, -0.1) is 0 Å². The first-order valence-corrected chi connectivity index (χ1v) is 12.7. The number of benzene rings is 3. The van der Waals surface area contributed by atoms with Gasteiger partial charge in [0.05, 0.1) is 85.0 Å². The van der Waals surface area contributed by atoms with Crippen LogP contribution in [0.3, 0.4) is 0 Å². The molecule has 0 saturated heterocycles. The number of nitriles is 5. The molecule has 0 aliphatic heterocycles. The third kappa shape index (κ3) is 4.27. The summed E-state index contributed by atoms with van der Waals surface area (Å²) in [4.78, 5) is 17.6. The molecule has 0 amide bonds. The lowest BCUT2D eigenvalue weighted by molar-refractivity contribution is 1.43. The van der Waals surface area contributed by atoms with Gasteiger partial charge in [0.15, 0.2) is 11.4 Å². The van der Waals surface area contributed by atoms with E-state index < -0.39 is 0 Å². The summed E-state index contributed by atoms with van der Waals surface area (Å²) in [6.07, 6.45) is 0. The maximum absolute atomic E-state index is 10.4. The van der Waals surface area contributed by atoms with Crippen LogP contribution in [0.1, 0.15) is 44.5 Å². The maximum atomic E-state index is 10.4. The highest BCUT2D eigenvalue weighted by atomic mass is 14.8. The van der Waals surface area contributed by atoms with Crippen LogP contribution in [0.5, 0.6) is 0 Å². The van der Waals surface area contributed by atoms with E-state index >= 15 is 0 Å². The molecule has 0 unspecified atom stereocenters. The number of hydrogen-bond acceptors (Lipinski definition) is 5. The lowest BCUT2D eigenvalue weighted by atomic mass is 9.90. The summed E-state index contributed by atoms with van der Waals surface area (Å²) in [7, 11) is 0. The summed E-state index contributed by atoms with van der Waals surface area (Å²) in [6.45, 7) is 38.7. The molecule has 0 bridgehead atoms. The minimum absolute atomic E-state index is 0.0506. The molecule has 10 heteroatoms. The number of hydrogen-bond donors (Lipinski definition) is 0. The molecule has 0 radical (unpaired) electrons. The highest BCUT2D eigenvalue weighted by Crippen LogP contribution is 2.52. The van der Waals surface area contributed by atoms with Gasteiger partial charge in [-0.2, -0.15) is 26.3 Å². The largest absolute Gasteiger partial charge is 0.249 e. The van der Waals surface area contributed by atoms with Crippen molar-refractivity contribution in [1.82, 2.24) is 0 Å². The predicted octanol–water partition coefficient (Wildman–Crippen LogP) is 8.09. The van der Waals surface area contributed by atoms with Gasteiger partial charge in [-0.1, -0.05) is 24.3 Å². The van der Waals surface area contributed by atoms with E-state index in [1.807, 2.05) is 24.3 Å². The zero-order chi connectivity index (χ0) is 33.1. The lowest BCUT2D eigenvalue weighted by Gasteiger charge is -2.14. The van der Waals surface area contributed by atoms with E-state index in [0.29, 0.717) is 0 Å². The summed E-state index contributed by atoms with van der Waals surface area (Å²) >= 11 is 0. The van der Waals surface area contributed by atoms with Crippen molar-refractivity contribution < 1.29 is 0 Å². The van der Waals surface area contributed by atoms with Crippen molar-refractivity contribution in [2.75, 3.05) is 0 Å². The standard InChI is InChI=1S/C36H8N10/c1-42-23-9-21(10-24(11-23)43-2)29(16-39)32-27-13-26-25(12-28(27)35(45-4)36(32)46-5)30(17-40)31(18-41)33(26)34(44-3)22-7-19(14-37)6-20(8-22)15-38/h6-13H/b32-29-,34-33+. The van der Waals surface area contributed by atoms with Gasteiger partial charge in [0, 0.05) is 5.57 Å². The molecule has 2 aliphatic carbocycles. The fourth-order valence-corrected chi connectivity index (χ4v) is 5.42. The van der Waals surface area contributed by atoms with Gasteiger partial charge in [-0.05, 0) is 63.2 Å². The van der Waals surface area contributed by atoms with E-state index in [0.717, 1.165) is 0 Å². The van der Waals surface area contributed by atoms with E-state index in [-0.39, 0.29) is 101 Å².